The van der Waals surface area contributed by atoms with Gasteiger partial charge >= 0.3 is 0 Å². The van der Waals surface area contributed by atoms with Crippen molar-refractivity contribution in [1.82, 2.24) is 5.32 Å². The Morgan fingerprint density at radius 1 is 1.05 bits per heavy atom. The van der Waals surface area contributed by atoms with E-state index < -0.39 is 0 Å². The summed E-state index contributed by atoms with van der Waals surface area (Å²) in [6.07, 6.45) is 5.88. The highest BCUT2D eigenvalue weighted by Crippen LogP contribution is 2.40. The molecule has 0 unspecified atom stereocenters. The third-order valence-electron chi connectivity index (χ3n) is 6.62. The van der Waals surface area contributed by atoms with Crippen molar-refractivity contribution in [3.8, 4) is 11.5 Å². The van der Waals surface area contributed by atoms with Gasteiger partial charge in [-0.05, 0) is 72.6 Å². The van der Waals surface area contributed by atoms with Crippen LogP contribution in [-0.2, 0) is 4.79 Å². The largest absolute Gasteiger partial charge is 0.493 e. The highest BCUT2D eigenvalue weighted by molar-refractivity contribution is 7.17. The maximum Gasteiger partial charge on any atom is 0.251 e. The van der Waals surface area contributed by atoms with E-state index in [0.29, 0.717) is 40.2 Å². The standard InChI is InChI=1S/C30H30FNO4S/c1-5-19-11-12-20(25(33)16-32-30(34)21-13-14-26(35-3)27(15-21)36-4)10-9-18(2)28(19)23-17-37-29-22(23)7-6-8-24(29)31/h6-8,11-15,17H,5,9-10,16H2,1-4H3,(H,32,34). The lowest BCUT2D eigenvalue weighted by Gasteiger charge is -2.18. The number of thiophene rings is 1. The number of hydrogen-bond acceptors (Lipinski definition) is 5. The normalized spacial score (nSPS) is 14.0. The number of hydrogen-bond donors (Lipinski definition) is 1. The minimum atomic E-state index is -0.361. The molecule has 1 aliphatic rings. The monoisotopic (exact) mass is 519 g/mol. The Hall–Kier alpha value is -3.71. The third kappa shape index (κ3) is 5.52. The molecule has 0 spiro atoms. The van der Waals surface area contributed by atoms with Crippen LogP contribution in [0, 0.1) is 5.82 Å². The number of nitrogens with one attached hydrogen (secondary N) is 1. The van der Waals surface area contributed by atoms with Crippen LogP contribution >= 0.6 is 11.3 Å². The first-order valence-corrected chi connectivity index (χ1v) is 13.0. The fourth-order valence-electron chi connectivity index (χ4n) is 4.59. The van der Waals surface area contributed by atoms with E-state index in [1.807, 2.05) is 23.6 Å². The number of ketones is 1. The molecular formula is C30H30FNO4S. The number of amides is 1. The number of carbonyl (C=O) groups excluding carboxylic acids is 2. The highest BCUT2D eigenvalue weighted by atomic mass is 32.1. The Kier molecular flexibility index (Phi) is 8.24. The number of methoxy groups -OCH3 is 2. The van der Waals surface area contributed by atoms with Crippen LogP contribution in [0.5, 0.6) is 11.5 Å². The molecule has 1 N–H and O–H groups in total. The molecule has 0 atom stereocenters. The van der Waals surface area contributed by atoms with Crippen LogP contribution in [0.25, 0.3) is 15.7 Å². The van der Waals surface area contributed by atoms with E-state index in [1.54, 1.807) is 24.3 Å². The maximum atomic E-state index is 14.3. The van der Waals surface area contributed by atoms with Crippen molar-refractivity contribution >= 4 is 38.7 Å². The van der Waals surface area contributed by atoms with Crippen molar-refractivity contribution in [2.45, 2.75) is 33.1 Å². The summed E-state index contributed by atoms with van der Waals surface area (Å²) in [7, 11) is 3.03. The lowest BCUT2D eigenvalue weighted by Crippen LogP contribution is -2.30. The molecule has 1 aromatic heterocycles. The number of fused-ring (bicyclic) bond motifs is 1. The van der Waals surface area contributed by atoms with Crippen molar-refractivity contribution in [2.24, 2.45) is 0 Å². The molecule has 7 heteroatoms. The predicted octanol–water partition coefficient (Wildman–Crippen LogP) is 6.89. The molecule has 0 bridgehead atoms. The SMILES string of the molecule is CCC1=CC=C(C(=O)CNC(=O)c2ccc(OC)c(OC)c2)CCC(C)=C1c1csc2c(F)cccc12. The molecule has 0 saturated heterocycles. The average Bonchev–Trinajstić information content (AvgIpc) is 3.33. The van der Waals surface area contributed by atoms with Gasteiger partial charge < -0.3 is 14.8 Å². The first kappa shape index (κ1) is 26.4. The second-order valence-corrected chi connectivity index (χ2v) is 9.71. The second kappa shape index (κ2) is 11.6. The smallest absolute Gasteiger partial charge is 0.251 e. The minimum absolute atomic E-state index is 0.0988. The predicted molar refractivity (Wildman–Crippen MR) is 147 cm³/mol. The van der Waals surface area contributed by atoms with Crippen molar-refractivity contribution in [3.05, 3.63) is 87.6 Å². The van der Waals surface area contributed by atoms with Crippen LogP contribution in [0.1, 0.15) is 49.0 Å². The van der Waals surface area contributed by atoms with E-state index in [2.05, 4.69) is 19.2 Å². The van der Waals surface area contributed by atoms with Gasteiger partial charge in [-0.15, -0.1) is 11.3 Å². The van der Waals surface area contributed by atoms with Crippen molar-refractivity contribution < 1.29 is 23.5 Å². The Labute approximate surface area is 220 Å². The molecule has 1 amide bonds. The van der Waals surface area contributed by atoms with Gasteiger partial charge in [0.2, 0.25) is 0 Å². The summed E-state index contributed by atoms with van der Waals surface area (Å²) in [5.41, 5.74) is 5.47. The quantitative estimate of drug-likeness (QED) is 0.352. The Bertz CT molecular complexity index is 1450. The second-order valence-electron chi connectivity index (χ2n) is 8.83. The molecule has 4 rings (SSSR count). The molecule has 0 radical (unpaired) electrons. The fourth-order valence-corrected chi connectivity index (χ4v) is 5.55. The molecule has 0 saturated carbocycles. The molecule has 2 aromatic carbocycles. The van der Waals surface area contributed by atoms with Gasteiger partial charge in [0.15, 0.2) is 17.3 Å². The number of allylic oxidation sites excluding steroid dienone is 5. The zero-order valence-electron chi connectivity index (χ0n) is 21.4. The minimum Gasteiger partial charge on any atom is -0.493 e. The Morgan fingerprint density at radius 2 is 1.84 bits per heavy atom. The molecule has 0 aliphatic heterocycles. The van der Waals surface area contributed by atoms with Gasteiger partial charge in [-0.1, -0.05) is 36.8 Å². The van der Waals surface area contributed by atoms with E-state index >= 15 is 0 Å². The lowest BCUT2D eigenvalue weighted by atomic mass is 9.86. The van der Waals surface area contributed by atoms with Gasteiger partial charge in [-0.2, -0.15) is 0 Å². The van der Waals surface area contributed by atoms with Gasteiger partial charge in [-0.3, -0.25) is 9.59 Å². The molecule has 37 heavy (non-hydrogen) atoms. The first-order chi connectivity index (χ1) is 17.9. The summed E-state index contributed by atoms with van der Waals surface area (Å²) in [6.45, 7) is 4.06. The van der Waals surface area contributed by atoms with E-state index in [9.17, 15) is 14.0 Å². The fraction of sp³-hybridized carbons (Fsp3) is 0.267. The van der Waals surface area contributed by atoms with Crippen LogP contribution in [0.3, 0.4) is 0 Å². The zero-order valence-corrected chi connectivity index (χ0v) is 22.3. The molecule has 192 valence electrons. The van der Waals surface area contributed by atoms with Crippen LogP contribution in [0.15, 0.2) is 70.6 Å². The van der Waals surface area contributed by atoms with Gasteiger partial charge in [0.25, 0.3) is 5.91 Å². The van der Waals surface area contributed by atoms with Crippen LogP contribution in [0.2, 0.25) is 0 Å². The lowest BCUT2D eigenvalue weighted by molar-refractivity contribution is -0.114. The molecule has 1 heterocycles. The summed E-state index contributed by atoms with van der Waals surface area (Å²) in [5.74, 6) is 0.278. The third-order valence-corrected chi connectivity index (χ3v) is 7.62. The summed E-state index contributed by atoms with van der Waals surface area (Å²) in [6, 6.07) is 10.1. The van der Waals surface area contributed by atoms with Crippen LogP contribution in [0.4, 0.5) is 4.39 Å². The summed E-state index contributed by atoms with van der Waals surface area (Å²) in [4.78, 5) is 25.7. The highest BCUT2D eigenvalue weighted by Gasteiger charge is 2.20. The zero-order chi connectivity index (χ0) is 26.5. The van der Waals surface area contributed by atoms with Gasteiger partial charge in [-0.25, -0.2) is 4.39 Å². The summed E-state index contributed by atoms with van der Waals surface area (Å²) in [5, 5.41) is 5.66. The molecule has 3 aromatic rings. The molecular weight excluding hydrogens is 489 g/mol. The first-order valence-electron chi connectivity index (χ1n) is 12.2. The summed E-state index contributed by atoms with van der Waals surface area (Å²) < 4.78 is 25.5. The van der Waals surface area contributed by atoms with E-state index in [0.717, 1.165) is 34.1 Å². The maximum absolute atomic E-state index is 14.3. The van der Waals surface area contributed by atoms with E-state index in [-0.39, 0.29) is 24.1 Å². The number of benzene rings is 2. The van der Waals surface area contributed by atoms with Crippen molar-refractivity contribution in [1.29, 1.82) is 0 Å². The van der Waals surface area contributed by atoms with Crippen LogP contribution in [-0.4, -0.2) is 32.5 Å². The number of ether oxygens (including phenoxy) is 2. The molecule has 5 nitrogen and oxygen atoms in total. The number of rotatable bonds is 8. The average molecular weight is 520 g/mol. The molecule has 0 fully saturated rings. The van der Waals surface area contributed by atoms with Gasteiger partial charge in [0.05, 0.1) is 25.5 Å². The molecule has 1 aliphatic carbocycles. The van der Waals surface area contributed by atoms with Crippen molar-refractivity contribution in [3.63, 3.8) is 0 Å². The van der Waals surface area contributed by atoms with Gasteiger partial charge in [0, 0.05) is 16.5 Å². The van der Waals surface area contributed by atoms with E-state index in [4.69, 9.17) is 9.47 Å². The Balaban J connectivity index is 1.53. The number of Topliss-reactive ketones (excluding diaryl/α,β-unsaturated/α-hetero) is 1. The van der Waals surface area contributed by atoms with Crippen LogP contribution < -0.4 is 14.8 Å². The van der Waals surface area contributed by atoms with Gasteiger partial charge in [0.1, 0.15) is 5.82 Å². The number of carbonyl (C=O) groups is 2. The number of halogens is 1. The van der Waals surface area contributed by atoms with E-state index in [1.165, 1.54) is 31.6 Å². The Morgan fingerprint density at radius 3 is 2.57 bits per heavy atom. The van der Waals surface area contributed by atoms with Crippen molar-refractivity contribution in [2.75, 3.05) is 20.8 Å². The summed E-state index contributed by atoms with van der Waals surface area (Å²) >= 11 is 1.42. The topological polar surface area (TPSA) is 64.6 Å².